The lowest BCUT2D eigenvalue weighted by molar-refractivity contribution is 0.171. The van der Waals surface area contributed by atoms with Gasteiger partial charge in [0, 0.05) is 42.3 Å². The van der Waals surface area contributed by atoms with Crippen molar-refractivity contribution in [2.45, 2.75) is 12.5 Å². The standard InChI is InChI=1S/C15H21BrN2O2.2ClH/c1-3-4-12(18-9-7-17-8-10-18)14-11(16)5-6-13(20-2)15(14)19;;/h3,5-6,12,17,19H,1,4,7-10H2,2H3;2*1H/t12-;;/m1../s1. The molecular weight excluding hydrogens is 391 g/mol. The average Bonchev–Trinajstić information content (AvgIpc) is 2.47. The second-order valence-electron chi connectivity index (χ2n) is 4.84. The van der Waals surface area contributed by atoms with Gasteiger partial charge in [0.2, 0.25) is 0 Å². The number of hydrogen-bond donors (Lipinski definition) is 2. The number of nitrogens with zero attached hydrogens (tertiary/aromatic N) is 1. The Hall–Kier alpha value is -0.460. The van der Waals surface area contributed by atoms with Gasteiger partial charge in [-0.3, -0.25) is 4.90 Å². The number of piperazine rings is 1. The van der Waals surface area contributed by atoms with E-state index in [1.165, 1.54) is 0 Å². The molecule has 22 heavy (non-hydrogen) atoms. The van der Waals surface area contributed by atoms with Crippen LogP contribution in [0.15, 0.2) is 29.3 Å². The van der Waals surface area contributed by atoms with Crippen LogP contribution >= 0.6 is 40.7 Å². The van der Waals surface area contributed by atoms with Crippen molar-refractivity contribution in [3.05, 3.63) is 34.8 Å². The highest BCUT2D eigenvalue weighted by Crippen LogP contribution is 2.42. The molecule has 0 bridgehead atoms. The maximum absolute atomic E-state index is 10.5. The van der Waals surface area contributed by atoms with Crippen LogP contribution < -0.4 is 10.1 Å². The zero-order chi connectivity index (χ0) is 14.5. The van der Waals surface area contributed by atoms with E-state index < -0.39 is 0 Å². The SMILES string of the molecule is C=CC[C@H](c1c(Br)ccc(OC)c1O)N1CCNCC1.Cl.Cl. The van der Waals surface area contributed by atoms with Gasteiger partial charge in [0.15, 0.2) is 11.5 Å². The number of aromatic hydroxyl groups is 1. The molecule has 126 valence electrons. The third kappa shape index (κ3) is 4.77. The van der Waals surface area contributed by atoms with Crippen molar-refractivity contribution in [2.75, 3.05) is 33.3 Å². The van der Waals surface area contributed by atoms with Gasteiger partial charge in [0.05, 0.1) is 7.11 Å². The monoisotopic (exact) mass is 412 g/mol. The lowest BCUT2D eigenvalue weighted by Crippen LogP contribution is -2.45. The van der Waals surface area contributed by atoms with Crippen LogP contribution in [0.4, 0.5) is 0 Å². The maximum atomic E-state index is 10.5. The van der Waals surface area contributed by atoms with Gasteiger partial charge >= 0.3 is 0 Å². The first-order valence-electron chi connectivity index (χ1n) is 6.80. The minimum atomic E-state index is 0. The molecule has 1 aromatic carbocycles. The molecule has 0 saturated carbocycles. The van der Waals surface area contributed by atoms with Crippen molar-refractivity contribution in [3.8, 4) is 11.5 Å². The van der Waals surface area contributed by atoms with Crippen LogP contribution in [0.3, 0.4) is 0 Å². The number of methoxy groups -OCH3 is 1. The minimum Gasteiger partial charge on any atom is -0.504 e. The molecule has 0 aliphatic carbocycles. The van der Waals surface area contributed by atoms with E-state index in [4.69, 9.17) is 4.74 Å². The molecule has 1 heterocycles. The van der Waals surface area contributed by atoms with E-state index >= 15 is 0 Å². The van der Waals surface area contributed by atoms with Crippen molar-refractivity contribution in [1.29, 1.82) is 0 Å². The first kappa shape index (κ1) is 21.5. The smallest absolute Gasteiger partial charge is 0.163 e. The topological polar surface area (TPSA) is 44.7 Å². The Morgan fingerprint density at radius 1 is 1.41 bits per heavy atom. The van der Waals surface area contributed by atoms with Crippen LogP contribution in [0.2, 0.25) is 0 Å². The Kier molecular flexibility index (Phi) is 10.1. The molecule has 1 saturated heterocycles. The molecule has 1 aliphatic heterocycles. The second-order valence-corrected chi connectivity index (χ2v) is 5.69. The number of rotatable bonds is 5. The zero-order valence-electron chi connectivity index (χ0n) is 12.5. The highest BCUT2D eigenvalue weighted by atomic mass is 79.9. The van der Waals surface area contributed by atoms with E-state index in [0.717, 1.165) is 42.6 Å². The van der Waals surface area contributed by atoms with E-state index in [9.17, 15) is 5.11 Å². The highest BCUT2D eigenvalue weighted by Gasteiger charge is 2.26. The average molecular weight is 414 g/mol. The normalized spacial score (nSPS) is 16.1. The molecule has 0 radical (unpaired) electrons. The molecule has 7 heteroatoms. The fourth-order valence-corrected chi connectivity index (χ4v) is 3.23. The lowest BCUT2D eigenvalue weighted by Gasteiger charge is -2.35. The van der Waals surface area contributed by atoms with E-state index in [0.29, 0.717) is 5.75 Å². The van der Waals surface area contributed by atoms with Crippen LogP contribution in [0.1, 0.15) is 18.0 Å². The molecule has 1 aromatic rings. The summed E-state index contributed by atoms with van der Waals surface area (Å²) in [5.41, 5.74) is 0.881. The molecule has 1 atom stereocenters. The van der Waals surface area contributed by atoms with Crippen LogP contribution in [0.5, 0.6) is 11.5 Å². The molecule has 1 fully saturated rings. The van der Waals surface area contributed by atoms with E-state index in [1.54, 1.807) is 13.2 Å². The molecule has 0 unspecified atom stereocenters. The van der Waals surface area contributed by atoms with Gasteiger partial charge in [0.25, 0.3) is 0 Å². The predicted octanol–water partition coefficient (Wildman–Crippen LogP) is 3.53. The molecular formula is C15H23BrCl2N2O2. The van der Waals surface area contributed by atoms with Crippen molar-refractivity contribution < 1.29 is 9.84 Å². The summed E-state index contributed by atoms with van der Waals surface area (Å²) in [6.07, 6.45) is 2.69. The van der Waals surface area contributed by atoms with Gasteiger partial charge in [-0.05, 0) is 18.6 Å². The summed E-state index contributed by atoms with van der Waals surface area (Å²) in [6.45, 7) is 7.71. The first-order valence-corrected chi connectivity index (χ1v) is 7.59. The zero-order valence-corrected chi connectivity index (χ0v) is 15.8. The van der Waals surface area contributed by atoms with Crippen molar-refractivity contribution in [3.63, 3.8) is 0 Å². The number of benzene rings is 1. The Bertz CT molecular complexity index is 483. The third-order valence-electron chi connectivity index (χ3n) is 3.66. The lowest BCUT2D eigenvalue weighted by atomic mass is 9.99. The van der Waals surface area contributed by atoms with Gasteiger partial charge in [-0.1, -0.05) is 22.0 Å². The Morgan fingerprint density at radius 3 is 2.59 bits per heavy atom. The largest absolute Gasteiger partial charge is 0.504 e. The maximum Gasteiger partial charge on any atom is 0.163 e. The van der Waals surface area contributed by atoms with Gasteiger partial charge in [-0.25, -0.2) is 0 Å². The predicted molar refractivity (Wildman–Crippen MR) is 98.9 cm³/mol. The Labute approximate surface area is 152 Å². The summed E-state index contributed by atoms with van der Waals surface area (Å²) in [5, 5.41) is 13.8. The summed E-state index contributed by atoms with van der Waals surface area (Å²) in [7, 11) is 1.57. The summed E-state index contributed by atoms with van der Waals surface area (Å²) in [5.74, 6) is 0.722. The molecule has 2 rings (SSSR count). The van der Waals surface area contributed by atoms with E-state index in [2.05, 4.69) is 32.7 Å². The number of ether oxygens (including phenoxy) is 1. The fraction of sp³-hybridized carbons (Fsp3) is 0.467. The van der Waals surface area contributed by atoms with Gasteiger partial charge < -0.3 is 15.2 Å². The molecule has 1 aliphatic rings. The van der Waals surface area contributed by atoms with Crippen molar-refractivity contribution in [2.24, 2.45) is 0 Å². The molecule has 0 amide bonds. The number of phenolic OH excluding ortho intramolecular Hbond substituents is 1. The van der Waals surface area contributed by atoms with Gasteiger partial charge in [-0.2, -0.15) is 0 Å². The van der Waals surface area contributed by atoms with E-state index in [1.807, 2.05) is 12.1 Å². The minimum absolute atomic E-state index is 0. The molecule has 4 nitrogen and oxygen atoms in total. The van der Waals surface area contributed by atoms with E-state index in [-0.39, 0.29) is 36.6 Å². The Morgan fingerprint density at radius 2 is 2.05 bits per heavy atom. The highest BCUT2D eigenvalue weighted by molar-refractivity contribution is 9.10. The van der Waals surface area contributed by atoms with Gasteiger partial charge in [-0.15, -0.1) is 31.4 Å². The second kappa shape index (κ2) is 10.3. The summed E-state index contributed by atoms with van der Waals surface area (Å²) >= 11 is 3.56. The summed E-state index contributed by atoms with van der Waals surface area (Å²) < 4.78 is 6.13. The molecule has 0 aromatic heterocycles. The number of phenols is 1. The number of hydrogen-bond acceptors (Lipinski definition) is 4. The first-order chi connectivity index (χ1) is 9.69. The van der Waals surface area contributed by atoms with Crippen LogP contribution in [0.25, 0.3) is 0 Å². The van der Waals surface area contributed by atoms with Crippen LogP contribution in [-0.2, 0) is 0 Å². The number of nitrogens with one attached hydrogen (secondary N) is 1. The van der Waals surface area contributed by atoms with Gasteiger partial charge in [0.1, 0.15) is 0 Å². The van der Waals surface area contributed by atoms with Crippen molar-refractivity contribution >= 4 is 40.7 Å². The van der Waals surface area contributed by atoms with Crippen LogP contribution in [-0.4, -0.2) is 43.3 Å². The molecule has 2 N–H and O–H groups in total. The van der Waals surface area contributed by atoms with Crippen molar-refractivity contribution in [1.82, 2.24) is 10.2 Å². The molecule has 0 spiro atoms. The Balaban J connectivity index is 0.00000220. The summed E-state index contributed by atoms with van der Waals surface area (Å²) in [4.78, 5) is 2.37. The van der Waals surface area contributed by atoms with Crippen LogP contribution in [0, 0.1) is 0 Å². The quantitative estimate of drug-likeness (QED) is 0.724. The summed E-state index contributed by atoms with van der Waals surface area (Å²) in [6, 6.07) is 3.80. The third-order valence-corrected chi connectivity index (χ3v) is 4.35. The number of halogens is 3. The fourth-order valence-electron chi connectivity index (χ4n) is 2.65.